The van der Waals surface area contributed by atoms with Gasteiger partial charge in [-0.25, -0.2) is 4.79 Å². The van der Waals surface area contributed by atoms with E-state index in [1.54, 1.807) is 37.5 Å². The Morgan fingerprint density at radius 3 is 2.70 bits per heavy atom. The van der Waals surface area contributed by atoms with Gasteiger partial charge in [-0.15, -0.1) is 0 Å². The molecule has 0 saturated heterocycles. The van der Waals surface area contributed by atoms with Crippen LogP contribution in [0, 0.1) is 17.8 Å². The molecule has 2 aromatic rings. The smallest absolute Gasteiger partial charge is 0.351 e. The first-order valence-corrected chi connectivity index (χ1v) is 10.2. The molecule has 0 amide bonds. The number of ether oxygens (including phenoxy) is 2. The molecule has 1 aliphatic carbocycles. The van der Waals surface area contributed by atoms with E-state index in [0.717, 1.165) is 0 Å². The van der Waals surface area contributed by atoms with Gasteiger partial charge in [0.05, 0.1) is 5.92 Å². The maximum absolute atomic E-state index is 13.4. The number of Topliss-reactive ketones (excluding diaryl/α,β-unsaturated/α-hetero) is 1. The molecule has 158 valence electrons. The molecule has 7 nitrogen and oxygen atoms in total. The van der Waals surface area contributed by atoms with Crippen molar-refractivity contribution in [3.8, 4) is 17.1 Å². The third kappa shape index (κ3) is 3.32. The first-order chi connectivity index (χ1) is 14.2. The Morgan fingerprint density at radius 1 is 1.30 bits per heavy atom. The molecule has 4 rings (SSSR count). The van der Waals surface area contributed by atoms with Gasteiger partial charge in [0.1, 0.15) is 23.2 Å². The van der Waals surface area contributed by atoms with Crippen LogP contribution < -0.4 is 10.4 Å². The van der Waals surface area contributed by atoms with E-state index in [-0.39, 0.29) is 28.8 Å². The summed E-state index contributed by atoms with van der Waals surface area (Å²) in [7, 11) is 0. The van der Waals surface area contributed by atoms with Crippen LogP contribution in [0.4, 0.5) is 0 Å². The molecule has 0 N–H and O–H groups in total. The number of nitrogens with zero attached hydrogens (tertiary/aromatic N) is 1. The lowest BCUT2D eigenvalue weighted by Gasteiger charge is -2.50. The van der Waals surface area contributed by atoms with Crippen molar-refractivity contribution in [1.29, 1.82) is 0 Å². The lowest BCUT2D eigenvalue weighted by Crippen LogP contribution is -2.62. The Bertz CT molecular complexity index is 1040. The fourth-order valence-electron chi connectivity index (χ4n) is 4.62. The third-order valence-electron chi connectivity index (χ3n) is 6.39. The standard InChI is InChI=1S/C23H25NO6/c1-12(2)15-8-16-21(26)20-18(30-23(16,4)19(9-15)28-13(3)25)10-17(29-22(20)27)14-6-5-7-24-11-14/h5-7,10-12,15-16,19H,8-9H2,1-4H3. The van der Waals surface area contributed by atoms with Crippen molar-refractivity contribution >= 4 is 11.8 Å². The largest absolute Gasteiger partial charge is 0.482 e. The molecule has 1 aliphatic heterocycles. The van der Waals surface area contributed by atoms with E-state index < -0.39 is 29.2 Å². The molecule has 2 aliphatic rings. The van der Waals surface area contributed by atoms with Crippen LogP contribution in [0.5, 0.6) is 5.75 Å². The summed E-state index contributed by atoms with van der Waals surface area (Å²) < 4.78 is 17.4. The molecule has 0 aromatic carbocycles. The summed E-state index contributed by atoms with van der Waals surface area (Å²) in [6.45, 7) is 7.30. The van der Waals surface area contributed by atoms with Gasteiger partial charge in [0.25, 0.3) is 0 Å². The topological polar surface area (TPSA) is 95.7 Å². The van der Waals surface area contributed by atoms with Gasteiger partial charge in [0.15, 0.2) is 11.4 Å². The zero-order chi connectivity index (χ0) is 21.6. The second-order valence-electron chi connectivity index (χ2n) is 8.66. The fourth-order valence-corrected chi connectivity index (χ4v) is 4.62. The summed E-state index contributed by atoms with van der Waals surface area (Å²) in [5.41, 5.74) is -1.26. The Balaban J connectivity index is 1.82. The van der Waals surface area contributed by atoms with Crippen LogP contribution in [0.2, 0.25) is 0 Å². The van der Waals surface area contributed by atoms with E-state index in [2.05, 4.69) is 18.8 Å². The first-order valence-electron chi connectivity index (χ1n) is 10.2. The van der Waals surface area contributed by atoms with Gasteiger partial charge in [0, 0.05) is 30.9 Å². The number of esters is 1. The maximum atomic E-state index is 13.4. The van der Waals surface area contributed by atoms with E-state index in [1.807, 2.05) is 0 Å². The third-order valence-corrected chi connectivity index (χ3v) is 6.39. The highest BCUT2D eigenvalue weighted by Crippen LogP contribution is 2.49. The average molecular weight is 411 g/mol. The van der Waals surface area contributed by atoms with Crippen LogP contribution in [-0.2, 0) is 9.53 Å². The highest BCUT2D eigenvalue weighted by atomic mass is 16.6. The second-order valence-corrected chi connectivity index (χ2v) is 8.66. The maximum Gasteiger partial charge on any atom is 0.351 e. The minimum atomic E-state index is -1.05. The van der Waals surface area contributed by atoms with Crippen molar-refractivity contribution in [2.75, 3.05) is 0 Å². The number of hydrogen-bond acceptors (Lipinski definition) is 7. The van der Waals surface area contributed by atoms with E-state index in [9.17, 15) is 14.4 Å². The molecule has 0 bridgehead atoms. The lowest BCUT2D eigenvalue weighted by molar-refractivity contribution is -0.173. The number of carbonyl (C=O) groups is 2. The predicted octanol–water partition coefficient (Wildman–Crippen LogP) is 3.65. The normalized spacial score (nSPS) is 27.8. The number of hydrogen-bond donors (Lipinski definition) is 0. The molecule has 4 atom stereocenters. The van der Waals surface area contributed by atoms with E-state index in [1.165, 1.54) is 6.92 Å². The van der Waals surface area contributed by atoms with Crippen molar-refractivity contribution in [3.05, 3.63) is 46.6 Å². The molecule has 3 heterocycles. The SMILES string of the molecule is CC(=O)OC1CC(C(C)C)CC2C(=O)c3c(cc(-c4cccnc4)oc3=O)OC12C. The number of aromatic nitrogens is 1. The van der Waals surface area contributed by atoms with Crippen molar-refractivity contribution in [3.63, 3.8) is 0 Å². The molecular formula is C23H25NO6. The summed E-state index contributed by atoms with van der Waals surface area (Å²) in [5, 5.41) is 0. The number of pyridine rings is 1. The van der Waals surface area contributed by atoms with E-state index in [4.69, 9.17) is 13.9 Å². The monoisotopic (exact) mass is 411 g/mol. The zero-order valence-electron chi connectivity index (χ0n) is 17.5. The second kappa shape index (κ2) is 7.38. The number of carbonyl (C=O) groups excluding carboxylic acids is 2. The van der Waals surface area contributed by atoms with Gasteiger partial charge in [-0.05, 0) is 43.7 Å². The van der Waals surface area contributed by atoms with Crippen LogP contribution in [-0.4, -0.2) is 28.4 Å². The molecule has 30 heavy (non-hydrogen) atoms. The minimum Gasteiger partial charge on any atom is -0.482 e. The van der Waals surface area contributed by atoms with Crippen molar-refractivity contribution in [2.24, 2.45) is 17.8 Å². The van der Waals surface area contributed by atoms with E-state index >= 15 is 0 Å². The molecule has 0 spiro atoms. The molecular weight excluding hydrogens is 386 g/mol. The summed E-state index contributed by atoms with van der Waals surface area (Å²) in [5.74, 6) is -0.435. The predicted molar refractivity (Wildman–Crippen MR) is 108 cm³/mol. The Kier molecular flexibility index (Phi) is 5.00. The highest BCUT2D eigenvalue weighted by molar-refractivity contribution is 6.02. The highest BCUT2D eigenvalue weighted by Gasteiger charge is 2.57. The van der Waals surface area contributed by atoms with Crippen molar-refractivity contribution in [1.82, 2.24) is 4.98 Å². The number of ketones is 1. The van der Waals surface area contributed by atoms with Crippen LogP contribution >= 0.6 is 0 Å². The molecule has 1 saturated carbocycles. The van der Waals surface area contributed by atoms with Crippen LogP contribution in [0.1, 0.15) is 50.9 Å². The van der Waals surface area contributed by atoms with Gasteiger partial charge in [-0.2, -0.15) is 0 Å². The molecule has 0 radical (unpaired) electrons. The van der Waals surface area contributed by atoms with Gasteiger partial charge < -0.3 is 13.9 Å². The summed E-state index contributed by atoms with van der Waals surface area (Å²) in [6, 6.07) is 5.02. The Hall–Kier alpha value is -2.96. The quantitative estimate of drug-likeness (QED) is 0.711. The molecule has 7 heteroatoms. The Labute approximate surface area is 174 Å². The van der Waals surface area contributed by atoms with Crippen LogP contribution in [0.25, 0.3) is 11.3 Å². The molecule has 1 fully saturated rings. The van der Waals surface area contributed by atoms with Crippen molar-refractivity contribution < 1.29 is 23.5 Å². The lowest BCUT2D eigenvalue weighted by atomic mass is 9.64. The number of fused-ring (bicyclic) bond motifs is 2. The first kappa shape index (κ1) is 20.3. The van der Waals surface area contributed by atoms with Crippen LogP contribution in [0.3, 0.4) is 0 Å². The van der Waals surface area contributed by atoms with Gasteiger partial charge in [-0.3, -0.25) is 14.6 Å². The summed E-state index contributed by atoms with van der Waals surface area (Å²) in [4.78, 5) is 42.0. The zero-order valence-corrected chi connectivity index (χ0v) is 17.5. The minimum absolute atomic E-state index is 0.0731. The van der Waals surface area contributed by atoms with E-state index in [0.29, 0.717) is 24.3 Å². The summed E-state index contributed by atoms with van der Waals surface area (Å²) in [6.07, 6.45) is 3.75. The molecule has 2 aromatic heterocycles. The van der Waals surface area contributed by atoms with Crippen LogP contribution in [0.15, 0.2) is 39.8 Å². The average Bonchev–Trinajstić information content (AvgIpc) is 2.68. The van der Waals surface area contributed by atoms with Gasteiger partial charge >= 0.3 is 11.6 Å². The van der Waals surface area contributed by atoms with Gasteiger partial charge in [0.2, 0.25) is 0 Å². The number of rotatable bonds is 3. The summed E-state index contributed by atoms with van der Waals surface area (Å²) >= 11 is 0. The van der Waals surface area contributed by atoms with Gasteiger partial charge in [-0.1, -0.05) is 13.8 Å². The Morgan fingerprint density at radius 2 is 2.07 bits per heavy atom. The van der Waals surface area contributed by atoms with Crippen molar-refractivity contribution in [2.45, 2.75) is 52.2 Å². The fraction of sp³-hybridized carbons (Fsp3) is 0.478. The molecule has 4 unspecified atom stereocenters.